The molecule has 0 atom stereocenters. The summed E-state index contributed by atoms with van der Waals surface area (Å²) in [5.41, 5.74) is 0.492. The van der Waals surface area contributed by atoms with E-state index in [0.717, 1.165) is 4.90 Å². The van der Waals surface area contributed by atoms with Crippen molar-refractivity contribution in [1.82, 2.24) is 4.31 Å². The Kier molecular flexibility index (Phi) is 7.30. The van der Waals surface area contributed by atoms with Crippen LogP contribution in [-0.4, -0.2) is 51.1 Å². The van der Waals surface area contributed by atoms with Gasteiger partial charge in [0, 0.05) is 23.9 Å². The normalized spacial score (nSPS) is 16.3. The topological polar surface area (TPSA) is 92.8 Å². The molecule has 0 radical (unpaired) electrons. The van der Waals surface area contributed by atoms with E-state index < -0.39 is 10.0 Å². The van der Waals surface area contributed by atoms with Gasteiger partial charge in [0.15, 0.2) is 0 Å². The Morgan fingerprint density at radius 2 is 1.89 bits per heavy atom. The zero-order chi connectivity index (χ0) is 20.2. The van der Waals surface area contributed by atoms with E-state index in [9.17, 15) is 18.0 Å². The molecule has 1 amide bonds. The molecule has 1 N–H and O–H groups in total. The number of benzene rings is 1. The quantitative estimate of drug-likeness (QED) is 0.568. The SMILES string of the molecule is COC(=O)C1CCN(S(=O)(=O)c2ccc(SC)c(NC(=O)C(C)C)c2)CC1. The minimum absolute atomic E-state index is 0.135. The van der Waals surface area contributed by atoms with Crippen LogP contribution in [0.25, 0.3) is 0 Å². The second kappa shape index (κ2) is 9.07. The minimum Gasteiger partial charge on any atom is -0.469 e. The molecule has 1 aromatic carbocycles. The summed E-state index contributed by atoms with van der Waals surface area (Å²) in [6.45, 7) is 4.08. The number of thioether (sulfide) groups is 1. The van der Waals surface area contributed by atoms with E-state index in [1.807, 2.05) is 6.26 Å². The molecule has 0 saturated carbocycles. The van der Waals surface area contributed by atoms with Crippen LogP contribution in [0.5, 0.6) is 0 Å². The van der Waals surface area contributed by atoms with Crippen LogP contribution in [0, 0.1) is 11.8 Å². The lowest BCUT2D eigenvalue weighted by Crippen LogP contribution is -2.40. The lowest BCUT2D eigenvalue weighted by Gasteiger charge is -2.30. The molecule has 150 valence electrons. The first-order chi connectivity index (χ1) is 12.7. The van der Waals surface area contributed by atoms with Gasteiger partial charge in [-0.1, -0.05) is 13.8 Å². The number of nitrogens with one attached hydrogen (secondary N) is 1. The summed E-state index contributed by atoms with van der Waals surface area (Å²) in [7, 11) is -2.36. The van der Waals surface area contributed by atoms with Crippen LogP contribution in [0.1, 0.15) is 26.7 Å². The third kappa shape index (κ3) is 5.03. The van der Waals surface area contributed by atoms with Gasteiger partial charge in [-0.25, -0.2) is 8.42 Å². The summed E-state index contributed by atoms with van der Waals surface area (Å²) in [5.74, 6) is -0.938. The zero-order valence-corrected chi connectivity index (χ0v) is 17.7. The maximum Gasteiger partial charge on any atom is 0.308 e. The molecule has 1 fully saturated rings. The fraction of sp³-hybridized carbons (Fsp3) is 0.556. The highest BCUT2D eigenvalue weighted by molar-refractivity contribution is 7.98. The molecule has 9 heteroatoms. The van der Waals surface area contributed by atoms with E-state index in [-0.39, 0.29) is 41.7 Å². The number of sulfonamides is 1. The molecule has 0 spiro atoms. The van der Waals surface area contributed by atoms with Gasteiger partial charge < -0.3 is 10.1 Å². The molecule has 0 unspecified atom stereocenters. The number of ether oxygens (including phenoxy) is 1. The first-order valence-corrected chi connectivity index (χ1v) is 11.4. The van der Waals surface area contributed by atoms with Crippen LogP contribution < -0.4 is 5.32 Å². The number of amides is 1. The van der Waals surface area contributed by atoms with Crippen LogP contribution in [0.4, 0.5) is 5.69 Å². The number of nitrogens with zero attached hydrogens (tertiary/aromatic N) is 1. The summed E-state index contributed by atoms with van der Waals surface area (Å²) in [6, 6.07) is 4.77. The second-order valence-corrected chi connectivity index (χ2v) is 9.49. The van der Waals surface area contributed by atoms with Gasteiger partial charge in [0.2, 0.25) is 15.9 Å². The zero-order valence-electron chi connectivity index (χ0n) is 16.0. The van der Waals surface area contributed by atoms with Crippen LogP contribution >= 0.6 is 11.8 Å². The average molecular weight is 415 g/mol. The molecule has 1 aliphatic heterocycles. The third-order valence-corrected chi connectivity index (χ3v) is 7.27. The largest absolute Gasteiger partial charge is 0.469 e. The van der Waals surface area contributed by atoms with Gasteiger partial charge >= 0.3 is 5.97 Å². The van der Waals surface area contributed by atoms with Gasteiger partial charge in [-0.05, 0) is 37.3 Å². The highest BCUT2D eigenvalue weighted by atomic mass is 32.2. The van der Waals surface area contributed by atoms with E-state index in [1.165, 1.54) is 29.2 Å². The lowest BCUT2D eigenvalue weighted by molar-refractivity contribution is -0.146. The number of esters is 1. The molecule has 1 saturated heterocycles. The first-order valence-electron chi connectivity index (χ1n) is 8.77. The highest BCUT2D eigenvalue weighted by Gasteiger charge is 2.32. The van der Waals surface area contributed by atoms with Gasteiger partial charge in [-0.2, -0.15) is 4.31 Å². The first kappa shape index (κ1) is 21.7. The van der Waals surface area contributed by atoms with Crippen molar-refractivity contribution < 1.29 is 22.7 Å². The summed E-state index contributed by atoms with van der Waals surface area (Å²) in [4.78, 5) is 24.6. The summed E-state index contributed by atoms with van der Waals surface area (Å²) >= 11 is 1.44. The van der Waals surface area contributed by atoms with Gasteiger partial charge in [0.25, 0.3) is 0 Å². The maximum absolute atomic E-state index is 13.0. The van der Waals surface area contributed by atoms with Crippen molar-refractivity contribution in [1.29, 1.82) is 0 Å². The van der Waals surface area contributed by atoms with Gasteiger partial charge in [0.1, 0.15) is 0 Å². The molecule has 1 aromatic rings. The van der Waals surface area contributed by atoms with E-state index in [4.69, 9.17) is 4.74 Å². The Morgan fingerprint density at radius 3 is 2.41 bits per heavy atom. The predicted molar refractivity (Wildman–Crippen MR) is 105 cm³/mol. The Bertz CT molecular complexity index is 800. The highest BCUT2D eigenvalue weighted by Crippen LogP contribution is 2.31. The maximum atomic E-state index is 13.0. The number of carbonyl (C=O) groups is 2. The Morgan fingerprint density at radius 1 is 1.26 bits per heavy atom. The van der Waals surface area contributed by atoms with Crippen LogP contribution in [0.3, 0.4) is 0 Å². The fourth-order valence-corrected chi connectivity index (χ4v) is 4.90. The third-order valence-electron chi connectivity index (χ3n) is 4.58. The number of carbonyl (C=O) groups excluding carboxylic acids is 2. The Hall–Kier alpha value is -1.58. The summed E-state index contributed by atoms with van der Waals surface area (Å²) in [6.07, 6.45) is 2.74. The van der Waals surface area contributed by atoms with Gasteiger partial charge in [-0.3, -0.25) is 9.59 Å². The van der Waals surface area contributed by atoms with Crippen LogP contribution in [0.2, 0.25) is 0 Å². The predicted octanol–water partition coefficient (Wildman–Crippen LogP) is 2.58. The van der Waals surface area contributed by atoms with Gasteiger partial charge in [-0.15, -0.1) is 11.8 Å². The van der Waals surface area contributed by atoms with E-state index >= 15 is 0 Å². The van der Waals surface area contributed by atoms with Crippen molar-refractivity contribution >= 4 is 39.3 Å². The molecule has 0 bridgehead atoms. The number of piperidine rings is 1. The lowest BCUT2D eigenvalue weighted by atomic mass is 9.99. The summed E-state index contributed by atoms with van der Waals surface area (Å²) in [5, 5.41) is 2.80. The second-order valence-electron chi connectivity index (χ2n) is 6.71. The number of hydrogen-bond donors (Lipinski definition) is 1. The average Bonchev–Trinajstić information content (AvgIpc) is 2.67. The number of anilines is 1. The molecule has 1 heterocycles. The molecular formula is C18H26N2O5S2. The molecule has 27 heavy (non-hydrogen) atoms. The standard InChI is InChI=1S/C18H26N2O5S2/c1-12(2)17(21)19-15-11-14(5-6-16(15)26-4)27(23,24)20-9-7-13(8-10-20)18(22)25-3/h5-6,11-13H,7-10H2,1-4H3,(H,19,21). The van der Waals surface area contributed by atoms with E-state index in [2.05, 4.69) is 5.32 Å². The monoisotopic (exact) mass is 414 g/mol. The van der Waals surface area contributed by atoms with Crippen molar-refractivity contribution in [2.75, 3.05) is 31.8 Å². The summed E-state index contributed by atoms with van der Waals surface area (Å²) < 4.78 is 32.1. The van der Waals surface area contributed by atoms with Crippen LogP contribution in [-0.2, 0) is 24.3 Å². The van der Waals surface area contributed by atoms with Crippen molar-refractivity contribution in [3.8, 4) is 0 Å². The van der Waals surface area contributed by atoms with Crippen molar-refractivity contribution in [2.45, 2.75) is 36.5 Å². The molecule has 2 rings (SSSR count). The minimum atomic E-state index is -3.70. The molecular weight excluding hydrogens is 388 g/mol. The molecule has 0 aliphatic carbocycles. The van der Waals surface area contributed by atoms with Gasteiger partial charge in [0.05, 0.1) is 23.6 Å². The molecule has 7 nitrogen and oxygen atoms in total. The van der Waals surface area contributed by atoms with E-state index in [1.54, 1.807) is 26.0 Å². The number of hydrogen-bond acceptors (Lipinski definition) is 6. The van der Waals surface area contributed by atoms with Crippen molar-refractivity contribution in [3.05, 3.63) is 18.2 Å². The Balaban J connectivity index is 2.23. The molecule has 0 aromatic heterocycles. The van der Waals surface area contributed by atoms with Crippen LogP contribution in [0.15, 0.2) is 28.0 Å². The smallest absolute Gasteiger partial charge is 0.308 e. The van der Waals surface area contributed by atoms with Crippen molar-refractivity contribution in [2.24, 2.45) is 11.8 Å². The van der Waals surface area contributed by atoms with Crippen molar-refractivity contribution in [3.63, 3.8) is 0 Å². The Labute approximate surface area is 164 Å². The number of methoxy groups -OCH3 is 1. The number of rotatable bonds is 6. The fourth-order valence-electron chi connectivity index (χ4n) is 2.87. The van der Waals surface area contributed by atoms with E-state index in [0.29, 0.717) is 18.5 Å². The molecule has 1 aliphatic rings.